The number of hydrogen-bond acceptors (Lipinski definition) is 3. The summed E-state index contributed by atoms with van der Waals surface area (Å²) in [6.45, 7) is 6.06. The topological polar surface area (TPSA) is 58.6 Å². The molecule has 142 valence electrons. The second-order valence-electron chi connectivity index (χ2n) is 8.43. The van der Waals surface area contributed by atoms with Crippen LogP contribution in [0.15, 0.2) is 30.3 Å². The van der Waals surface area contributed by atoms with Gasteiger partial charge in [-0.15, -0.1) is 0 Å². The monoisotopic (exact) mass is 366 g/mol. The van der Waals surface area contributed by atoms with Crippen LogP contribution in [0.2, 0.25) is 0 Å². The smallest absolute Gasteiger partial charge is 0.410 e. The lowest BCUT2D eigenvalue weighted by atomic mass is 10.0. The molecular weight excluding hydrogens is 340 g/mol. The van der Waals surface area contributed by atoms with Crippen molar-refractivity contribution >= 4 is 28.5 Å². The molecule has 2 amide bonds. The maximum Gasteiger partial charge on any atom is 0.410 e. The summed E-state index contributed by atoms with van der Waals surface area (Å²) in [6.07, 6.45) is 3.16. The fourth-order valence-electron chi connectivity index (χ4n) is 4.15. The van der Waals surface area contributed by atoms with Crippen molar-refractivity contribution in [3.8, 4) is 0 Å². The molecule has 1 fully saturated rings. The molecule has 0 bridgehead atoms. The third-order valence-corrected chi connectivity index (χ3v) is 5.32. The zero-order valence-corrected chi connectivity index (χ0v) is 16.2. The number of aryl methyl sites for hydroxylation is 2. The number of rotatable bonds is 2. The van der Waals surface area contributed by atoms with Crippen molar-refractivity contribution in [1.29, 1.82) is 0 Å². The minimum atomic E-state index is -0.571. The molecule has 1 saturated heterocycles. The van der Waals surface area contributed by atoms with Gasteiger partial charge in [0, 0.05) is 17.6 Å². The molecule has 1 aliphatic carbocycles. The standard InChI is InChI=1S/C22H26N2O3/c1-22(2,3)27-21(26)24-13-5-8-18(24)20(25)23-17-12-11-15-10-9-14-6-4-7-16(17)19(14)15/h4,6-7,11-12,18H,5,8-10,13H2,1-3H3,(H,23,25)/t18-/m1/s1. The maximum absolute atomic E-state index is 13.0. The zero-order valence-electron chi connectivity index (χ0n) is 16.2. The highest BCUT2D eigenvalue weighted by Crippen LogP contribution is 2.35. The van der Waals surface area contributed by atoms with Crippen LogP contribution in [0.25, 0.3) is 10.8 Å². The van der Waals surface area contributed by atoms with Crippen LogP contribution in [0.1, 0.15) is 44.7 Å². The molecule has 5 heteroatoms. The molecule has 1 heterocycles. The van der Waals surface area contributed by atoms with Gasteiger partial charge in [0.2, 0.25) is 5.91 Å². The van der Waals surface area contributed by atoms with Gasteiger partial charge in [-0.2, -0.15) is 0 Å². The molecule has 0 saturated carbocycles. The van der Waals surface area contributed by atoms with E-state index in [1.54, 1.807) is 4.90 Å². The molecule has 2 aliphatic rings. The SMILES string of the molecule is CC(C)(C)OC(=O)N1CCC[C@@H]1C(=O)Nc1ccc2c3c(cccc13)CC2. The van der Waals surface area contributed by atoms with Gasteiger partial charge >= 0.3 is 6.09 Å². The molecular formula is C22H26N2O3. The third-order valence-electron chi connectivity index (χ3n) is 5.32. The van der Waals surface area contributed by atoms with E-state index in [0.29, 0.717) is 13.0 Å². The summed E-state index contributed by atoms with van der Waals surface area (Å²) in [4.78, 5) is 27.0. The van der Waals surface area contributed by atoms with E-state index in [2.05, 4.69) is 23.5 Å². The highest BCUT2D eigenvalue weighted by atomic mass is 16.6. The molecule has 0 unspecified atom stereocenters. The van der Waals surface area contributed by atoms with E-state index in [0.717, 1.165) is 30.3 Å². The van der Waals surface area contributed by atoms with Crippen molar-refractivity contribution in [3.05, 3.63) is 41.5 Å². The Morgan fingerprint density at radius 3 is 2.59 bits per heavy atom. The summed E-state index contributed by atoms with van der Waals surface area (Å²) in [5, 5.41) is 5.42. The number of nitrogens with zero attached hydrogens (tertiary/aromatic N) is 1. The van der Waals surface area contributed by atoms with Crippen molar-refractivity contribution in [3.63, 3.8) is 0 Å². The summed E-state index contributed by atoms with van der Waals surface area (Å²) >= 11 is 0. The van der Waals surface area contributed by atoms with Gasteiger partial charge in [-0.1, -0.05) is 24.3 Å². The number of anilines is 1. The highest BCUT2D eigenvalue weighted by Gasteiger charge is 2.36. The Bertz CT molecular complexity index is 903. The molecule has 4 rings (SSSR count). The second-order valence-corrected chi connectivity index (χ2v) is 8.43. The van der Waals surface area contributed by atoms with E-state index in [1.165, 1.54) is 16.5 Å². The maximum atomic E-state index is 13.0. The van der Waals surface area contributed by atoms with Crippen LogP contribution in [0, 0.1) is 0 Å². The van der Waals surface area contributed by atoms with Gasteiger partial charge in [-0.05, 0) is 69.0 Å². The van der Waals surface area contributed by atoms with E-state index >= 15 is 0 Å². The number of likely N-dealkylation sites (tertiary alicyclic amines) is 1. The molecule has 5 nitrogen and oxygen atoms in total. The summed E-state index contributed by atoms with van der Waals surface area (Å²) in [7, 11) is 0. The lowest BCUT2D eigenvalue weighted by molar-refractivity contribution is -0.120. The Kier molecular flexibility index (Phi) is 4.33. The number of carbonyl (C=O) groups excluding carboxylic acids is 2. The van der Waals surface area contributed by atoms with Crippen LogP contribution in [-0.4, -0.2) is 35.1 Å². The van der Waals surface area contributed by atoms with Crippen molar-refractivity contribution < 1.29 is 14.3 Å². The minimum Gasteiger partial charge on any atom is -0.444 e. The molecule has 1 aliphatic heterocycles. The molecule has 27 heavy (non-hydrogen) atoms. The summed E-state index contributed by atoms with van der Waals surface area (Å²) in [5.74, 6) is -0.142. The molecule has 1 N–H and O–H groups in total. The predicted molar refractivity (Wildman–Crippen MR) is 106 cm³/mol. The van der Waals surface area contributed by atoms with Crippen LogP contribution >= 0.6 is 0 Å². The number of amides is 2. The average Bonchev–Trinajstić information content (AvgIpc) is 3.24. The van der Waals surface area contributed by atoms with E-state index in [9.17, 15) is 9.59 Å². The molecule has 0 radical (unpaired) electrons. The van der Waals surface area contributed by atoms with Gasteiger partial charge in [0.25, 0.3) is 0 Å². The van der Waals surface area contributed by atoms with Crippen LogP contribution in [-0.2, 0) is 22.4 Å². The van der Waals surface area contributed by atoms with Crippen LogP contribution in [0.4, 0.5) is 10.5 Å². The first-order chi connectivity index (χ1) is 12.8. The predicted octanol–water partition coefficient (Wildman–Crippen LogP) is 4.28. The average molecular weight is 366 g/mol. The Morgan fingerprint density at radius 1 is 1.11 bits per heavy atom. The second kappa shape index (κ2) is 6.55. The summed E-state index contributed by atoms with van der Waals surface area (Å²) < 4.78 is 5.47. The number of benzene rings is 2. The van der Waals surface area contributed by atoms with Gasteiger partial charge in [0.1, 0.15) is 11.6 Å². The van der Waals surface area contributed by atoms with E-state index < -0.39 is 17.7 Å². The summed E-state index contributed by atoms with van der Waals surface area (Å²) in [6, 6.07) is 9.87. The lowest BCUT2D eigenvalue weighted by Gasteiger charge is -2.28. The first-order valence-electron chi connectivity index (χ1n) is 9.67. The zero-order chi connectivity index (χ0) is 19.2. The Balaban J connectivity index is 1.56. The van der Waals surface area contributed by atoms with Crippen molar-refractivity contribution in [2.45, 2.75) is 58.1 Å². The number of ether oxygens (including phenoxy) is 1. The van der Waals surface area contributed by atoms with E-state index in [4.69, 9.17) is 4.74 Å². The van der Waals surface area contributed by atoms with Crippen LogP contribution in [0.5, 0.6) is 0 Å². The normalized spacial score (nSPS) is 18.8. The van der Waals surface area contributed by atoms with Gasteiger partial charge in [-0.25, -0.2) is 4.79 Å². The first kappa shape index (κ1) is 17.8. The number of carbonyl (C=O) groups is 2. The fraction of sp³-hybridized carbons (Fsp3) is 0.455. The largest absolute Gasteiger partial charge is 0.444 e. The third kappa shape index (κ3) is 3.38. The number of hydrogen-bond donors (Lipinski definition) is 1. The van der Waals surface area contributed by atoms with E-state index in [-0.39, 0.29) is 5.91 Å². The van der Waals surface area contributed by atoms with Gasteiger partial charge in [-0.3, -0.25) is 9.69 Å². The Morgan fingerprint density at radius 2 is 1.85 bits per heavy atom. The molecule has 0 aromatic heterocycles. The first-order valence-corrected chi connectivity index (χ1v) is 9.67. The number of nitrogens with one attached hydrogen (secondary N) is 1. The van der Waals surface area contributed by atoms with Gasteiger partial charge in [0.05, 0.1) is 0 Å². The fourth-order valence-corrected chi connectivity index (χ4v) is 4.15. The van der Waals surface area contributed by atoms with Crippen molar-refractivity contribution in [2.24, 2.45) is 0 Å². The minimum absolute atomic E-state index is 0.142. The van der Waals surface area contributed by atoms with E-state index in [1.807, 2.05) is 32.9 Å². The molecule has 0 spiro atoms. The van der Waals surface area contributed by atoms with Crippen LogP contribution < -0.4 is 5.32 Å². The van der Waals surface area contributed by atoms with Crippen molar-refractivity contribution in [1.82, 2.24) is 4.90 Å². The lowest BCUT2D eigenvalue weighted by Crippen LogP contribution is -2.45. The summed E-state index contributed by atoms with van der Waals surface area (Å²) in [5.41, 5.74) is 2.93. The highest BCUT2D eigenvalue weighted by molar-refractivity contribution is 6.06. The van der Waals surface area contributed by atoms with Gasteiger partial charge < -0.3 is 10.1 Å². The molecule has 2 aromatic carbocycles. The van der Waals surface area contributed by atoms with Crippen molar-refractivity contribution in [2.75, 3.05) is 11.9 Å². The Hall–Kier alpha value is -2.56. The van der Waals surface area contributed by atoms with Crippen LogP contribution in [0.3, 0.4) is 0 Å². The quantitative estimate of drug-likeness (QED) is 0.863. The molecule has 2 aromatic rings. The van der Waals surface area contributed by atoms with Gasteiger partial charge in [0.15, 0.2) is 0 Å². The Labute approximate surface area is 159 Å². The molecule has 1 atom stereocenters.